The van der Waals surface area contributed by atoms with Crippen LogP contribution in [0.3, 0.4) is 0 Å². The molecule has 0 radical (unpaired) electrons. The Morgan fingerprint density at radius 1 is 1.16 bits per heavy atom. The number of nitrogens with zero attached hydrogens (tertiary/aromatic N) is 3. The summed E-state index contributed by atoms with van der Waals surface area (Å²) in [5, 5.41) is 3.83. The van der Waals surface area contributed by atoms with Crippen molar-refractivity contribution < 1.29 is 4.74 Å². The van der Waals surface area contributed by atoms with Crippen molar-refractivity contribution in [3.8, 4) is 6.01 Å². The molecule has 1 aromatic heterocycles. The highest BCUT2D eigenvalue weighted by Gasteiger charge is 2.09. The molecule has 0 bridgehead atoms. The normalized spacial score (nSPS) is 11.1. The van der Waals surface area contributed by atoms with Gasteiger partial charge in [-0.15, -0.1) is 0 Å². The van der Waals surface area contributed by atoms with E-state index in [0.29, 0.717) is 17.9 Å². The highest BCUT2D eigenvalue weighted by molar-refractivity contribution is 7.99. The number of thioether (sulfide) groups is 1. The Morgan fingerprint density at radius 2 is 1.89 bits per heavy atom. The molecule has 108 valence electrons. The second kappa shape index (κ2) is 8.19. The van der Waals surface area contributed by atoms with Crippen molar-refractivity contribution in [3.05, 3.63) is 0 Å². The third kappa shape index (κ3) is 6.61. The van der Waals surface area contributed by atoms with Crippen molar-refractivity contribution in [1.29, 1.82) is 0 Å². The second-order valence-electron chi connectivity index (χ2n) is 4.95. The molecule has 0 aliphatic carbocycles. The minimum absolute atomic E-state index is 0.0605. The van der Waals surface area contributed by atoms with Crippen LogP contribution in [0.25, 0.3) is 0 Å². The average Bonchev–Trinajstić information content (AvgIpc) is 2.27. The number of hydrogen-bond acceptors (Lipinski definition) is 6. The zero-order chi connectivity index (χ0) is 14.3. The average molecular weight is 284 g/mol. The van der Waals surface area contributed by atoms with E-state index >= 15 is 0 Å². The molecule has 0 unspecified atom stereocenters. The molecule has 0 aliphatic heterocycles. The number of nitrogens with one attached hydrogen (secondary N) is 1. The fraction of sp³-hybridized carbons (Fsp3) is 0.769. The van der Waals surface area contributed by atoms with Gasteiger partial charge >= 0.3 is 6.01 Å². The van der Waals surface area contributed by atoms with Crippen LogP contribution in [-0.4, -0.2) is 33.4 Å². The van der Waals surface area contributed by atoms with Gasteiger partial charge in [-0.2, -0.15) is 15.0 Å². The fourth-order valence-corrected chi connectivity index (χ4v) is 2.35. The molecule has 5 nitrogen and oxygen atoms in total. The van der Waals surface area contributed by atoms with Gasteiger partial charge in [0.25, 0.3) is 0 Å². The number of rotatable bonds is 8. The highest BCUT2D eigenvalue weighted by Crippen LogP contribution is 2.20. The van der Waals surface area contributed by atoms with E-state index in [4.69, 9.17) is 4.74 Å². The zero-order valence-electron chi connectivity index (χ0n) is 12.4. The highest BCUT2D eigenvalue weighted by atomic mass is 32.2. The predicted octanol–water partition coefficient (Wildman–Crippen LogP) is 3.23. The maximum Gasteiger partial charge on any atom is 0.322 e. The van der Waals surface area contributed by atoms with E-state index in [1.807, 2.05) is 20.8 Å². The van der Waals surface area contributed by atoms with Gasteiger partial charge in [-0.1, -0.05) is 25.6 Å². The van der Waals surface area contributed by atoms with Crippen LogP contribution < -0.4 is 10.1 Å². The standard InChI is InChI=1S/C13H24N4OS/c1-6-14-11-15-12(18-10(4)5)17-13(16-11)19-8-7-9(2)3/h9-10H,6-8H2,1-5H3,(H,14,15,16,17). The van der Waals surface area contributed by atoms with Gasteiger partial charge in [0.05, 0.1) is 6.10 Å². The first kappa shape index (κ1) is 16.0. The molecule has 0 saturated heterocycles. The Kier molecular flexibility index (Phi) is 6.91. The van der Waals surface area contributed by atoms with Gasteiger partial charge in [0.1, 0.15) is 0 Å². The van der Waals surface area contributed by atoms with Crippen LogP contribution in [0.1, 0.15) is 41.0 Å². The van der Waals surface area contributed by atoms with Crippen LogP contribution in [0.5, 0.6) is 6.01 Å². The number of hydrogen-bond donors (Lipinski definition) is 1. The molecule has 1 heterocycles. The lowest BCUT2D eigenvalue weighted by molar-refractivity contribution is 0.219. The molecule has 0 aromatic carbocycles. The lowest BCUT2D eigenvalue weighted by Crippen LogP contribution is -2.12. The summed E-state index contributed by atoms with van der Waals surface area (Å²) >= 11 is 1.65. The minimum Gasteiger partial charge on any atom is -0.461 e. The van der Waals surface area contributed by atoms with Crippen molar-refractivity contribution in [3.63, 3.8) is 0 Å². The lowest BCUT2D eigenvalue weighted by atomic mass is 10.2. The Bertz CT molecular complexity index is 385. The van der Waals surface area contributed by atoms with Crippen LogP contribution in [0.2, 0.25) is 0 Å². The van der Waals surface area contributed by atoms with Gasteiger partial charge in [0, 0.05) is 12.3 Å². The molecule has 0 spiro atoms. The molecule has 0 amide bonds. The second-order valence-corrected chi connectivity index (χ2v) is 6.01. The maximum absolute atomic E-state index is 5.55. The van der Waals surface area contributed by atoms with E-state index < -0.39 is 0 Å². The van der Waals surface area contributed by atoms with Gasteiger partial charge < -0.3 is 10.1 Å². The largest absolute Gasteiger partial charge is 0.461 e. The molecule has 0 aliphatic rings. The Hall–Kier alpha value is -1.04. The summed E-state index contributed by atoms with van der Waals surface area (Å²) in [4.78, 5) is 12.9. The summed E-state index contributed by atoms with van der Waals surface area (Å²) in [5.41, 5.74) is 0. The number of aromatic nitrogens is 3. The van der Waals surface area contributed by atoms with Gasteiger partial charge in [0.2, 0.25) is 5.95 Å². The molecule has 0 fully saturated rings. The predicted molar refractivity (Wildman–Crippen MR) is 79.9 cm³/mol. The molecule has 1 aromatic rings. The van der Waals surface area contributed by atoms with E-state index in [9.17, 15) is 0 Å². The third-order valence-corrected chi connectivity index (χ3v) is 3.08. The minimum atomic E-state index is 0.0605. The SMILES string of the molecule is CCNc1nc(OC(C)C)nc(SCCC(C)C)n1. The third-order valence-electron chi connectivity index (χ3n) is 2.20. The van der Waals surface area contributed by atoms with Crippen LogP contribution in [-0.2, 0) is 0 Å². The summed E-state index contributed by atoms with van der Waals surface area (Å²) in [5.74, 6) is 2.28. The summed E-state index contributed by atoms with van der Waals surface area (Å²) in [6, 6.07) is 0.396. The molecule has 6 heteroatoms. The van der Waals surface area contributed by atoms with Crippen molar-refractivity contribution in [2.24, 2.45) is 5.92 Å². The van der Waals surface area contributed by atoms with Gasteiger partial charge in [-0.05, 0) is 33.1 Å². The van der Waals surface area contributed by atoms with E-state index in [1.54, 1.807) is 11.8 Å². The van der Waals surface area contributed by atoms with Crippen LogP contribution in [0.15, 0.2) is 5.16 Å². The molecule has 0 atom stereocenters. The van der Waals surface area contributed by atoms with Crippen molar-refractivity contribution in [2.75, 3.05) is 17.6 Å². The van der Waals surface area contributed by atoms with Crippen LogP contribution >= 0.6 is 11.8 Å². The smallest absolute Gasteiger partial charge is 0.322 e. The fourth-order valence-electron chi connectivity index (χ4n) is 1.29. The van der Waals surface area contributed by atoms with Crippen molar-refractivity contribution >= 4 is 17.7 Å². The topological polar surface area (TPSA) is 59.9 Å². The van der Waals surface area contributed by atoms with E-state index in [1.165, 1.54) is 0 Å². The Morgan fingerprint density at radius 3 is 2.47 bits per heavy atom. The molecule has 19 heavy (non-hydrogen) atoms. The summed E-state index contributed by atoms with van der Waals surface area (Å²) in [6.45, 7) is 11.1. The molecule has 0 saturated carbocycles. The molecule has 1 rings (SSSR count). The molecular formula is C13H24N4OS. The summed E-state index contributed by atoms with van der Waals surface area (Å²) in [6.07, 6.45) is 1.21. The van der Waals surface area contributed by atoms with E-state index in [2.05, 4.69) is 34.1 Å². The quantitative estimate of drug-likeness (QED) is 0.740. The molecular weight excluding hydrogens is 260 g/mol. The van der Waals surface area contributed by atoms with Gasteiger partial charge in [-0.25, -0.2) is 0 Å². The summed E-state index contributed by atoms with van der Waals surface area (Å²) < 4.78 is 5.55. The lowest BCUT2D eigenvalue weighted by Gasteiger charge is -2.10. The number of anilines is 1. The number of ether oxygens (including phenoxy) is 1. The maximum atomic E-state index is 5.55. The zero-order valence-corrected chi connectivity index (χ0v) is 13.3. The Labute approximate surface area is 120 Å². The Balaban J connectivity index is 2.74. The van der Waals surface area contributed by atoms with Crippen LogP contribution in [0.4, 0.5) is 5.95 Å². The first-order chi connectivity index (χ1) is 9.01. The first-order valence-electron chi connectivity index (χ1n) is 6.80. The summed E-state index contributed by atoms with van der Waals surface area (Å²) in [7, 11) is 0. The van der Waals surface area contributed by atoms with E-state index in [-0.39, 0.29) is 6.10 Å². The monoisotopic (exact) mass is 284 g/mol. The first-order valence-corrected chi connectivity index (χ1v) is 7.79. The van der Waals surface area contributed by atoms with Crippen LogP contribution in [0, 0.1) is 5.92 Å². The van der Waals surface area contributed by atoms with Crippen molar-refractivity contribution in [2.45, 2.75) is 52.3 Å². The van der Waals surface area contributed by atoms with Crippen molar-refractivity contribution in [1.82, 2.24) is 15.0 Å². The van der Waals surface area contributed by atoms with E-state index in [0.717, 1.165) is 23.9 Å². The van der Waals surface area contributed by atoms with Gasteiger partial charge in [-0.3, -0.25) is 0 Å². The van der Waals surface area contributed by atoms with Gasteiger partial charge in [0.15, 0.2) is 5.16 Å². The molecule has 1 N–H and O–H groups in total.